The fraction of sp³-hybridized carbons (Fsp3) is 0.0741. The maximum Gasteiger partial charge on any atom is 0.289 e. The van der Waals surface area contributed by atoms with Crippen molar-refractivity contribution >= 4 is 34.6 Å². The van der Waals surface area contributed by atoms with Gasteiger partial charge in [-0.25, -0.2) is 9.67 Å². The number of amides is 1. The topological polar surface area (TPSA) is 68.5 Å². The molecule has 3 aromatic carbocycles. The number of amidine groups is 1. The van der Waals surface area contributed by atoms with E-state index in [4.69, 9.17) is 9.84 Å². The molecular formula is C27H22N4O2S. The third kappa shape index (κ3) is 4.65. The number of methoxy groups -OCH3 is 1. The number of benzene rings is 3. The lowest BCUT2D eigenvalue weighted by atomic mass is 10.1. The van der Waals surface area contributed by atoms with Gasteiger partial charge in [0.2, 0.25) is 0 Å². The monoisotopic (exact) mass is 466 g/mol. The van der Waals surface area contributed by atoms with Crippen molar-refractivity contribution < 1.29 is 9.53 Å². The first kappa shape index (κ1) is 21.7. The summed E-state index contributed by atoms with van der Waals surface area (Å²) >= 11 is 1.13. The molecule has 1 aliphatic heterocycles. The predicted molar refractivity (Wildman–Crippen MR) is 138 cm³/mol. The standard InChI is InChI=1S/C27H22N4O2S/c1-18-7-6-8-21(15-18)28-26-24(34-27(32)29-26)16-20-17-31(22-9-4-3-5-10-22)30-25(20)19-11-13-23(33-2)14-12-19/h3-17H,1-2H3,(H,28,29,32)/b24-16-. The van der Waals surface area contributed by atoms with E-state index in [1.165, 1.54) is 0 Å². The van der Waals surface area contributed by atoms with Crippen molar-refractivity contribution in [3.8, 4) is 22.7 Å². The molecular weight excluding hydrogens is 444 g/mol. The van der Waals surface area contributed by atoms with Crippen molar-refractivity contribution in [1.29, 1.82) is 0 Å². The van der Waals surface area contributed by atoms with Crippen LogP contribution >= 0.6 is 11.8 Å². The molecule has 0 unspecified atom stereocenters. The number of aryl methyl sites for hydroxylation is 1. The molecule has 0 aliphatic carbocycles. The molecule has 1 N–H and O–H groups in total. The summed E-state index contributed by atoms with van der Waals surface area (Å²) in [5, 5.41) is 7.58. The Kier molecular flexibility index (Phi) is 6.01. The van der Waals surface area contributed by atoms with Crippen molar-refractivity contribution in [2.24, 2.45) is 4.99 Å². The van der Waals surface area contributed by atoms with Crippen LogP contribution in [-0.4, -0.2) is 28.0 Å². The molecule has 0 atom stereocenters. The minimum Gasteiger partial charge on any atom is -0.497 e. The lowest BCUT2D eigenvalue weighted by Crippen LogP contribution is -2.18. The number of aromatic nitrogens is 2. The number of ether oxygens (including phenoxy) is 1. The first-order valence-electron chi connectivity index (χ1n) is 10.7. The van der Waals surface area contributed by atoms with Crippen LogP contribution in [0.25, 0.3) is 23.0 Å². The molecule has 1 amide bonds. The number of para-hydroxylation sites is 1. The van der Waals surface area contributed by atoms with Gasteiger partial charge in [-0.1, -0.05) is 30.3 Å². The van der Waals surface area contributed by atoms with Crippen molar-refractivity contribution in [3.63, 3.8) is 0 Å². The Bertz CT molecular complexity index is 1410. The van der Waals surface area contributed by atoms with Crippen LogP contribution in [0.1, 0.15) is 11.1 Å². The number of hydrogen-bond acceptors (Lipinski definition) is 5. The van der Waals surface area contributed by atoms with Gasteiger partial charge in [0.05, 0.1) is 29.1 Å². The van der Waals surface area contributed by atoms with E-state index >= 15 is 0 Å². The van der Waals surface area contributed by atoms with Gasteiger partial charge in [0.15, 0.2) is 0 Å². The highest BCUT2D eigenvalue weighted by Gasteiger charge is 2.25. The molecule has 1 saturated heterocycles. The van der Waals surface area contributed by atoms with Gasteiger partial charge in [-0.2, -0.15) is 5.10 Å². The molecule has 1 fully saturated rings. The maximum atomic E-state index is 12.3. The Morgan fingerprint density at radius 1 is 1.03 bits per heavy atom. The highest BCUT2D eigenvalue weighted by molar-refractivity contribution is 8.18. The van der Waals surface area contributed by atoms with Crippen molar-refractivity contribution in [2.75, 3.05) is 7.11 Å². The smallest absolute Gasteiger partial charge is 0.289 e. The van der Waals surface area contributed by atoms with E-state index in [1.807, 2.05) is 103 Å². The largest absolute Gasteiger partial charge is 0.497 e. The van der Waals surface area contributed by atoms with Crippen LogP contribution in [-0.2, 0) is 0 Å². The van der Waals surface area contributed by atoms with Crippen LogP contribution in [0.15, 0.2) is 95.0 Å². The van der Waals surface area contributed by atoms with E-state index in [9.17, 15) is 4.79 Å². The summed E-state index contributed by atoms with van der Waals surface area (Å²) in [5.74, 6) is 1.31. The van der Waals surface area contributed by atoms with Gasteiger partial charge in [-0.05, 0) is 78.9 Å². The molecule has 0 saturated carbocycles. The van der Waals surface area contributed by atoms with Crippen molar-refractivity contribution in [3.05, 3.63) is 101 Å². The van der Waals surface area contributed by atoms with Gasteiger partial charge in [0, 0.05) is 17.3 Å². The van der Waals surface area contributed by atoms with Gasteiger partial charge < -0.3 is 10.1 Å². The number of nitrogens with zero attached hydrogens (tertiary/aromatic N) is 3. The average Bonchev–Trinajstić information content (AvgIpc) is 3.43. The number of nitrogens with one attached hydrogen (secondary N) is 1. The second kappa shape index (κ2) is 9.41. The van der Waals surface area contributed by atoms with E-state index < -0.39 is 0 Å². The molecule has 2 heterocycles. The van der Waals surface area contributed by atoms with Crippen LogP contribution in [0.5, 0.6) is 5.75 Å². The van der Waals surface area contributed by atoms with E-state index in [0.29, 0.717) is 5.84 Å². The number of hydrogen-bond donors (Lipinski definition) is 1. The SMILES string of the molecule is COc1ccc(-c2nn(-c3ccccc3)cc2/C=C2\SC(=O)NC2=Nc2cccc(C)c2)cc1. The Morgan fingerprint density at radius 2 is 1.82 bits per heavy atom. The molecule has 6 nitrogen and oxygen atoms in total. The molecule has 1 aliphatic rings. The summed E-state index contributed by atoms with van der Waals surface area (Å²) in [6.45, 7) is 2.02. The molecule has 168 valence electrons. The summed E-state index contributed by atoms with van der Waals surface area (Å²) in [5.41, 5.74) is 5.47. The number of carbonyl (C=O) groups is 1. The van der Waals surface area contributed by atoms with Crippen LogP contribution in [0.4, 0.5) is 10.5 Å². The molecule has 4 aromatic rings. The molecule has 0 spiro atoms. The quantitative estimate of drug-likeness (QED) is 0.370. The molecule has 5 rings (SSSR count). The number of thioether (sulfide) groups is 1. The van der Waals surface area contributed by atoms with Crippen LogP contribution in [0, 0.1) is 6.92 Å². The minimum absolute atomic E-state index is 0.154. The summed E-state index contributed by atoms with van der Waals surface area (Å²) < 4.78 is 7.15. The second-order valence-corrected chi connectivity index (χ2v) is 8.78. The van der Waals surface area contributed by atoms with Gasteiger partial charge >= 0.3 is 0 Å². The van der Waals surface area contributed by atoms with E-state index in [1.54, 1.807) is 7.11 Å². The Hall–Kier alpha value is -4.10. The van der Waals surface area contributed by atoms with E-state index in [-0.39, 0.29) is 5.24 Å². The minimum atomic E-state index is -0.154. The van der Waals surface area contributed by atoms with Crippen molar-refractivity contribution in [2.45, 2.75) is 6.92 Å². The molecule has 1 aromatic heterocycles. The normalized spacial score (nSPS) is 15.6. The Balaban J connectivity index is 1.61. The average molecular weight is 467 g/mol. The zero-order valence-electron chi connectivity index (χ0n) is 18.7. The number of rotatable bonds is 5. The van der Waals surface area contributed by atoms with Crippen molar-refractivity contribution in [1.82, 2.24) is 15.1 Å². The van der Waals surface area contributed by atoms with Crippen LogP contribution in [0.3, 0.4) is 0 Å². The number of aliphatic imine (C=N–C) groups is 1. The first-order chi connectivity index (χ1) is 16.6. The zero-order valence-corrected chi connectivity index (χ0v) is 19.5. The number of carbonyl (C=O) groups excluding carboxylic acids is 1. The van der Waals surface area contributed by atoms with E-state index in [0.717, 1.165) is 56.2 Å². The third-order valence-electron chi connectivity index (χ3n) is 5.31. The maximum absolute atomic E-state index is 12.3. The Morgan fingerprint density at radius 3 is 2.56 bits per heavy atom. The van der Waals surface area contributed by atoms with Gasteiger partial charge in [-0.3, -0.25) is 4.79 Å². The second-order valence-electron chi connectivity index (χ2n) is 7.76. The lowest BCUT2D eigenvalue weighted by Gasteiger charge is -2.03. The van der Waals surface area contributed by atoms with Gasteiger partial charge in [-0.15, -0.1) is 0 Å². The lowest BCUT2D eigenvalue weighted by molar-refractivity contribution is 0.265. The van der Waals surface area contributed by atoms with Crippen LogP contribution in [0.2, 0.25) is 0 Å². The highest BCUT2D eigenvalue weighted by Crippen LogP contribution is 2.33. The molecule has 0 radical (unpaired) electrons. The third-order valence-corrected chi connectivity index (χ3v) is 6.13. The summed E-state index contributed by atoms with van der Waals surface area (Å²) in [4.78, 5) is 17.7. The van der Waals surface area contributed by atoms with E-state index in [2.05, 4.69) is 10.3 Å². The summed E-state index contributed by atoms with van der Waals surface area (Å²) in [6, 6.07) is 25.6. The Labute approximate surface area is 202 Å². The summed E-state index contributed by atoms with van der Waals surface area (Å²) in [7, 11) is 1.64. The van der Waals surface area contributed by atoms with Gasteiger partial charge in [0.1, 0.15) is 11.6 Å². The first-order valence-corrected chi connectivity index (χ1v) is 11.6. The van der Waals surface area contributed by atoms with Gasteiger partial charge in [0.25, 0.3) is 5.24 Å². The fourth-order valence-corrected chi connectivity index (χ4v) is 4.39. The predicted octanol–water partition coefficient (Wildman–Crippen LogP) is 6.38. The van der Waals surface area contributed by atoms with Crippen LogP contribution < -0.4 is 10.1 Å². The fourth-order valence-electron chi connectivity index (χ4n) is 3.66. The highest BCUT2D eigenvalue weighted by atomic mass is 32.2. The molecule has 7 heteroatoms. The molecule has 0 bridgehead atoms. The zero-order chi connectivity index (χ0) is 23.5. The summed E-state index contributed by atoms with van der Waals surface area (Å²) in [6.07, 6.45) is 3.93. The molecule has 34 heavy (non-hydrogen) atoms.